The first-order chi connectivity index (χ1) is 14.9. The van der Waals surface area contributed by atoms with Crippen LogP contribution in [-0.2, 0) is 6.54 Å². The van der Waals surface area contributed by atoms with Crippen LogP contribution in [0.5, 0.6) is 5.75 Å². The van der Waals surface area contributed by atoms with Crippen LogP contribution in [0.1, 0.15) is 27.2 Å². The number of H-pyrrole nitrogens is 1. The Balaban J connectivity index is 1.85. The molecule has 0 aliphatic heterocycles. The highest BCUT2D eigenvalue weighted by Gasteiger charge is 2.25. The monoisotopic (exact) mass is 421 g/mol. The summed E-state index contributed by atoms with van der Waals surface area (Å²) in [6.45, 7) is 3.49. The predicted octanol–water partition coefficient (Wildman–Crippen LogP) is 3.03. The summed E-state index contributed by atoms with van der Waals surface area (Å²) in [7, 11) is 1.48. The first-order valence-corrected chi connectivity index (χ1v) is 9.54. The van der Waals surface area contributed by atoms with E-state index in [4.69, 9.17) is 4.74 Å². The van der Waals surface area contributed by atoms with Gasteiger partial charge in [-0.1, -0.05) is 24.3 Å². The summed E-state index contributed by atoms with van der Waals surface area (Å²) in [6.07, 6.45) is 0. The second-order valence-corrected chi connectivity index (χ2v) is 7.03. The van der Waals surface area contributed by atoms with Gasteiger partial charge in [0.15, 0.2) is 0 Å². The van der Waals surface area contributed by atoms with Crippen molar-refractivity contribution < 1.29 is 13.9 Å². The third kappa shape index (κ3) is 3.77. The van der Waals surface area contributed by atoms with Crippen LogP contribution in [0.3, 0.4) is 0 Å². The number of rotatable bonds is 5. The fourth-order valence-electron chi connectivity index (χ4n) is 3.20. The maximum atomic E-state index is 13.5. The zero-order valence-corrected chi connectivity index (χ0v) is 17.2. The number of methoxy groups -OCH3 is 1. The summed E-state index contributed by atoms with van der Waals surface area (Å²) in [6, 6.07) is 12.6. The Morgan fingerprint density at radius 3 is 2.55 bits per heavy atom. The largest absolute Gasteiger partial charge is 0.496 e. The number of halogens is 1. The van der Waals surface area contributed by atoms with Gasteiger partial charge < -0.3 is 4.74 Å². The molecule has 0 aliphatic rings. The fraction of sp³-hybridized carbons (Fsp3) is 0.182. The standard InChI is InChI=1S/C22H20FN5O3/c1-13-14(2)24-21-25-22(26-28(21)19(13)29)27(12-15-8-10-16(23)11-9-15)20(30)17-6-4-5-7-18(17)31-3/h4-11H,12H2,1-3H3,(H,24,25,26). The molecule has 0 saturated carbocycles. The Morgan fingerprint density at radius 2 is 1.84 bits per heavy atom. The van der Waals surface area contributed by atoms with Gasteiger partial charge in [-0.15, -0.1) is 0 Å². The van der Waals surface area contributed by atoms with Gasteiger partial charge in [-0.05, 0) is 43.7 Å². The molecule has 2 aromatic carbocycles. The number of nitrogens with one attached hydrogen (secondary N) is 1. The van der Waals surface area contributed by atoms with E-state index >= 15 is 0 Å². The molecular formula is C22H20FN5O3. The molecule has 2 aromatic heterocycles. The number of ether oxygens (including phenoxy) is 1. The Bertz CT molecular complexity index is 1330. The number of amides is 1. The van der Waals surface area contributed by atoms with Gasteiger partial charge in [0.1, 0.15) is 11.6 Å². The molecule has 1 amide bonds. The summed E-state index contributed by atoms with van der Waals surface area (Å²) in [5.41, 5.74) is 1.74. The molecule has 0 aliphatic carbocycles. The van der Waals surface area contributed by atoms with Crippen LogP contribution in [0.2, 0.25) is 0 Å². The highest BCUT2D eigenvalue weighted by Crippen LogP contribution is 2.23. The SMILES string of the molecule is COc1ccccc1C(=O)N(Cc1ccc(F)cc1)c1nc2nc(C)c(C)c(=O)n2[nH]1. The number of nitrogens with zero attached hydrogens (tertiary/aromatic N) is 4. The normalized spacial score (nSPS) is 11.0. The van der Waals surface area contributed by atoms with Crippen LogP contribution in [0.4, 0.5) is 10.3 Å². The molecule has 0 atom stereocenters. The molecule has 31 heavy (non-hydrogen) atoms. The average molecular weight is 421 g/mol. The van der Waals surface area contributed by atoms with E-state index in [1.807, 2.05) is 0 Å². The summed E-state index contributed by atoms with van der Waals surface area (Å²) in [5.74, 6) is -0.0938. The van der Waals surface area contributed by atoms with E-state index in [2.05, 4.69) is 15.1 Å². The Morgan fingerprint density at radius 1 is 1.13 bits per heavy atom. The van der Waals surface area contributed by atoms with Crippen molar-refractivity contribution >= 4 is 17.6 Å². The number of para-hydroxylation sites is 1. The lowest BCUT2D eigenvalue weighted by molar-refractivity contribution is 0.0980. The highest BCUT2D eigenvalue weighted by molar-refractivity contribution is 6.07. The number of anilines is 1. The number of carbonyl (C=O) groups excluding carboxylic acids is 1. The lowest BCUT2D eigenvalue weighted by Gasteiger charge is -2.21. The predicted molar refractivity (Wildman–Crippen MR) is 113 cm³/mol. The van der Waals surface area contributed by atoms with E-state index in [-0.39, 0.29) is 29.6 Å². The Labute approximate surface area is 176 Å². The van der Waals surface area contributed by atoms with Crippen molar-refractivity contribution in [3.05, 3.63) is 87.1 Å². The van der Waals surface area contributed by atoms with Gasteiger partial charge in [-0.25, -0.2) is 9.37 Å². The van der Waals surface area contributed by atoms with Gasteiger partial charge in [-0.3, -0.25) is 19.6 Å². The van der Waals surface area contributed by atoms with Crippen molar-refractivity contribution in [1.82, 2.24) is 19.6 Å². The van der Waals surface area contributed by atoms with Gasteiger partial charge in [0.2, 0.25) is 5.95 Å². The van der Waals surface area contributed by atoms with Crippen LogP contribution in [0, 0.1) is 19.7 Å². The minimum absolute atomic E-state index is 0.0870. The summed E-state index contributed by atoms with van der Waals surface area (Å²) in [4.78, 5) is 36.2. The number of hydrogen-bond donors (Lipinski definition) is 1. The number of aryl methyl sites for hydroxylation is 1. The third-order valence-corrected chi connectivity index (χ3v) is 5.04. The quantitative estimate of drug-likeness (QED) is 0.535. The van der Waals surface area contributed by atoms with Crippen LogP contribution in [0.25, 0.3) is 5.78 Å². The molecule has 0 radical (unpaired) electrons. The Kier molecular flexibility index (Phi) is 5.24. The van der Waals surface area contributed by atoms with Crippen molar-refractivity contribution in [3.63, 3.8) is 0 Å². The molecule has 4 aromatic rings. The van der Waals surface area contributed by atoms with Crippen LogP contribution in [0.15, 0.2) is 53.3 Å². The highest BCUT2D eigenvalue weighted by atomic mass is 19.1. The van der Waals surface area contributed by atoms with Gasteiger partial charge in [0.25, 0.3) is 17.2 Å². The zero-order chi connectivity index (χ0) is 22.1. The van der Waals surface area contributed by atoms with E-state index in [0.29, 0.717) is 28.1 Å². The van der Waals surface area contributed by atoms with Crippen molar-refractivity contribution in [3.8, 4) is 5.75 Å². The fourth-order valence-corrected chi connectivity index (χ4v) is 3.20. The molecule has 0 unspecified atom stereocenters. The second-order valence-electron chi connectivity index (χ2n) is 7.03. The minimum Gasteiger partial charge on any atom is -0.496 e. The minimum atomic E-state index is -0.401. The third-order valence-electron chi connectivity index (χ3n) is 5.04. The van der Waals surface area contributed by atoms with E-state index in [1.165, 1.54) is 28.7 Å². The molecule has 0 fully saturated rings. The molecule has 0 saturated heterocycles. The van der Waals surface area contributed by atoms with Crippen LogP contribution in [-0.4, -0.2) is 32.6 Å². The molecule has 0 spiro atoms. The topological polar surface area (TPSA) is 92.6 Å². The summed E-state index contributed by atoms with van der Waals surface area (Å²) >= 11 is 0. The van der Waals surface area contributed by atoms with Gasteiger partial charge >= 0.3 is 0 Å². The molecule has 2 heterocycles. The van der Waals surface area contributed by atoms with Gasteiger partial charge in [-0.2, -0.15) is 9.50 Å². The summed E-state index contributed by atoms with van der Waals surface area (Å²) in [5, 5.41) is 2.87. The molecule has 8 nitrogen and oxygen atoms in total. The number of carbonyl (C=O) groups is 1. The van der Waals surface area contributed by atoms with E-state index in [9.17, 15) is 14.0 Å². The maximum Gasteiger partial charge on any atom is 0.277 e. The average Bonchev–Trinajstić information content (AvgIpc) is 3.20. The molecule has 9 heteroatoms. The molecule has 1 N–H and O–H groups in total. The summed E-state index contributed by atoms with van der Waals surface area (Å²) < 4.78 is 19.9. The first-order valence-electron chi connectivity index (χ1n) is 9.54. The van der Waals surface area contributed by atoms with Gasteiger partial charge in [0.05, 0.1) is 19.2 Å². The number of hydrogen-bond acceptors (Lipinski definition) is 5. The zero-order valence-electron chi connectivity index (χ0n) is 17.2. The van der Waals surface area contributed by atoms with E-state index in [0.717, 1.165) is 0 Å². The molecular weight excluding hydrogens is 401 g/mol. The molecule has 158 valence electrons. The first kappa shape index (κ1) is 20.3. The Hall–Kier alpha value is -4.01. The number of aromatic amines is 1. The number of benzene rings is 2. The van der Waals surface area contributed by atoms with Crippen molar-refractivity contribution in [2.75, 3.05) is 12.0 Å². The molecule has 0 bridgehead atoms. The van der Waals surface area contributed by atoms with Crippen molar-refractivity contribution in [2.24, 2.45) is 0 Å². The molecule has 4 rings (SSSR count). The number of fused-ring (bicyclic) bond motifs is 1. The van der Waals surface area contributed by atoms with Crippen molar-refractivity contribution in [1.29, 1.82) is 0 Å². The lowest BCUT2D eigenvalue weighted by atomic mass is 10.1. The second kappa shape index (κ2) is 8.02. The lowest BCUT2D eigenvalue weighted by Crippen LogP contribution is -2.32. The van der Waals surface area contributed by atoms with Gasteiger partial charge in [0, 0.05) is 11.3 Å². The van der Waals surface area contributed by atoms with Crippen molar-refractivity contribution in [2.45, 2.75) is 20.4 Å². The maximum absolute atomic E-state index is 13.5. The van der Waals surface area contributed by atoms with Crippen LogP contribution >= 0.6 is 0 Å². The number of aromatic nitrogens is 4. The van der Waals surface area contributed by atoms with Crippen LogP contribution < -0.4 is 15.2 Å². The van der Waals surface area contributed by atoms with E-state index in [1.54, 1.807) is 50.2 Å². The van der Waals surface area contributed by atoms with E-state index < -0.39 is 5.91 Å². The smallest absolute Gasteiger partial charge is 0.277 e.